The molecule has 4 rings (SSSR count). The second kappa shape index (κ2) is 8.96. The first-order valence-corrected chi connectivity index (χ1v) is 11.0. The van der Waals surface area contributed by atoms with E-state index < -0.39 is 5.54 Å². The molecule has 10 heteroatoms. The van der Waals surface area contributed by atoms with Crippen LogP contribution in [0, 0.1) is 6.92 Å². The fourth-order valence-corrected chi connectivity index (χ4v) is 4.61. The number of hydrogen-bond acceptors (Lipinski definition) is 6. The Balaban J connectivity index is 1.49. The van der Waals surface area contributed by atoms with Gasteiger partial charge in [-0.25, -0.2) is 0 Å². The number of anilines is 2. The number of hydrogen-bond donors (Lipinski definition) is 2. The van der Waals surface area contributed by atoms with E-state index in [1.165, 1.54) is 0 Å². The minimum atomic E-state index is -1.17. The molecule has 8 nitrogen and oxygen atoms in total. The Labute approximate surface area is 188 Å². The van der Waals surface area contributed by atoms with Gasteiger partial charge in [0.25, 0.3) is 17.7 Å². The van der Waals surface area contributed by atoms with Gasteiger partial charge in [0.05, 0.1) is 22.4 Å². The smallest absolute Gasteiger partial charge is 0.262 e. The average molecular weight is 464 g/mol. The van der Waals surface area contributed by atoms with Crippen molar-refractivity contribution in [1.29, 1.82) is 0 Å². The number of carbonyl (C=O) groups is 3. The monoisotopic (exact) mass is 463 g/mol. The van der Waals surface area contributed by atoms with E-state index in [-0.39, 0.29) is 30.9 Å². The van der Waals surface area contributed by atoms with Crippen molar-refractivity contribution in [3.8, 4) is 0 Å². The SMILES string of the molecule is Cc1cc(NC(=O)C2(NC(=O)c3ccc(Cl)s3)CCOC2)ccc1N1CCOCC1=O. The standard InChI is InChI=1S/C21H22ClN3O5S/c1-13-10-14(2-3-15(13)25-7-9-29-11-18(25)26)23-20(28)21(6-8-30-12-21)24-19(27)16-4-5-17(22)31-16/h2-5,10H,6-9,11-12H2,1H3,(H,23,28)(H,24,27). The Morgan fingerprint density at radius 1 is 1.19 bits per heavy atom. The molecule has 0 aliphatic carbocycles. The van der Waals surface area contributed by atoms with Crippen molar-refractivity contribution in [1.82, 2.24) is 5.32 Å². The van der Waals surface area contributed by atoms with E-state index in [1.807, 2.05) is 6.92 Å². The molecule has 1 aromatic heterocycles. The Morgan fingerprint density at radius 2 is 2.03 bits per heavy atom. The van der Waals surface area contributed by atoms with Crippen molar-refractivity contribution in [3.63, 3.8) is 0 Å². The fourth-order valence-electron chi connectivity index (χ4n) is 3.67. The van der Waals surface area contributed by atoms with Gasteiger partial charge in [0.15, 0.2) is 0 Å². The van der Waals surface area contributed by atoms with E-state index >= 15 is 0 Å². The molecule has 1 atom stereocenters. The van der Waals surface area contributed by atoms with Crippen LogP contribution in [0.1, 0.15) is 21.7 Å². The van der Waals surface area contributed by atoms with Crippen LogP contribution in [0.4, 0.5) is 11.4 Å². The number of nitrogens with one attached hydrogen (secondary N) is 2. The second-order valence-corrected chi connectivity index (χ2v) is 9.21. The summed E-state index contributed by atoms with van der Waals surface area (Å²) in [7, 11) is 0. The molecular formula is C21H22ClN3O5S. The van der Waals surface area contributed by atoms with E-state index in [0.29, 0.717) is 41.1 Å². The van der Waals surface area contributed by atoms with Crippen LogP contribution >= 0.6 is 22.9 Å². The number of thiophene rings is 1. The molecule has 2 fully saturated rings. The number of ether oxygens (including phenoxy) is 2. The molecule has 0 spiro atoms. The van der Waals surface area contributed by atoms with Gasteiger partial charge < -0.3 is 25.0 Å². The minimum absolute atomic E-state index is 0.0651. The van der Waals surface area contributed by atoms with Gasteiger partial charge in [0, 0.05) is 30.9 Å². The summed E-state index contributed by atoms with van der Waals surface area (Å²) in [5, 5.41) is 5.72. The fraction of sp³-hybridized carbons (Fsp3) is 0.381. The van der Waals surface area contributed by atoms with Crippen LogP contribution in [0.3, 0.4) is 0 Å². The molecule has 2 N–H and O–H groups in total. The Morgan fingerprint density at radius 3 is 2.68 bits per heavy atom. The van der Waals surface area contributed by atoms with Gasteiger partial charge in [0.2, 0.25) is 0 Å². The van der Waals surface area contributed by atoms with Crippen LogP contribution in [0.2, 0.25) is 4.34 Å². The molecule has 1 aromatic carbocycles. The molecule has 31 heavy (non-hydrogen) atoms. The number of amides is 3. The number of nitrogens with zero attached hydrogens (tertiary/aromatic N) is 1. The molecule has 0 bridgehead atoms. The molecule has 2 aliphatic rings. The van der Waals surface area contributed by atoms with Crippen LogP contribution in [-0.4, -0.2) is 56.2 Å². The summed E-state index contributed by atoms with van der Waals surface area (Å²) in [5.74, 6) is -0.810. The van der Waals surface area contributed by atoms with Crippen LogP contribution in [-0.2, 0) is 19.1 Å². The molecule has 3 amide bonds. The van der Waals surface area contributed by atoms with Gasteiger partial charge in [-0.15, -0.1) is 11.3 Å². The summed E-state index contributed by atoms with van der Waals surface area (Å²) in [5.41, 5.74) is 1.04. The Hall–Kier alpha value is -2.46. The maximum Gasteiger partial charge on any atom is 0.262 e. The highest BCUT2D eigenvalue weighted by Crippen LogP contribution is 2.28. The predicted octanol–water partition coefficient (Wildman–Crippen LogP) is 2.60. The summed E-state index contributed by atoms with van der Waals surface area (Å²) in [4.78, 5) is 40.0. The zero-order valence-corrected chi connectivity index (χ0v) is 18.5. The van der Waals surface area contributed by atoms with Crippen molar-refractivity contribution >= 4 is 52.0 Å². The summed E-state index contributed by atoms with van der Waals surface area (Å²) in [6.07, 6.45) is 0.364. The molecule has 1 unspecified atom stereocenters. The van der Waals surface area contributed by atoms with Gasteiger partial charge >= 0.3 is 0 Å². The van der Waals surface area contributed by atoms with E-state index in [0.717, 1.165) is 22.6 Å². The summed E-state index contributed by atoms with van der Waals surface area (Å²) in [6.45, 7) is 3.38. The van der Waals surface area contributed by atoms with Gasteiger partial charge in [-0.05, 0) is 42.8 Å². The number of carbonyl (C=O) groups excluding carboxylic acids is 3. The highest BCUT2D eigenvalue weighted by molar-refractivity contribution is 7.18. The van der Waals surface area contributed by atoms with Gasteiger partial charge in [-0.3, -0.25) is 14.4 Å². The second-order valence-electron chi connectivity index (χ2n) is 7.50. The van der Waals surface area contributed by atoms with Gasteiger partial charge in [-0.2, -0.15) is 0 Å². The van der Waals surface area contributed by atoms with Gasteiger partial charge in [-0.1, -0.05) is 11.6 Å². The zero-order chi connectivity index (χ0) is 22.0. The maximum atomic E-state index is 13.1. The minimum Gasteiger partial charge on any atom is -0.378 e. The highest BCUT2D eigenvalue weighted by atomic mass is 35.5. The molecule has 0 saturated carbocycles. The number of benzene rings is 1. The van der Waals surface area contributed by atoms with Crippen molar-refractivity contribution in [3.05, 3.63) is 45.1 Å². The van der Waals surface area contributed by atoms with Crippen LogP contribution in [0.5, 0.6) is 0 Å². The third kappa shape index (κ3) is 4.59. The van der Waals surface area contributed by atoms with Crippen LogP contribution in [0.25, 0.3) is 0 Å². The van der Waals surface area contributed by atoms with Crippen molar-refractivity contribution in [2.24, 2.45) is 0 Å². The van der Waals surface area contributed by atoms with Crippen LogP contribution < -0.4 is 15.5 Å². The van der Waals surface area contributed by atoms with E-state index in [9.17, 15) is 14.4 Å². The molecule has 2 aliphatic heterocycles. The van der Waals surface area contributed by atoms with Crippen molar-refractivity contribution in [2.75, 3.05) is 43.2 Å². The number of halogens is 1. The van der Waals surface area contributed by atoms with Crippen LogP contribution in [0.15, 0.2) is 30.3 Å². The first-order valence-electron chi connectivity index (χ1n) is 9.84. The largest absolute Gasteiger partial charge is 0.378 e. The third-order valence-corrected chi connectivity index (χ3v) is 6.57. The van der Waals surface area contributed by atoms with Crippen molar-refractivity contribution in [2.45, 2.75) is 18.9 Å². The highest BCUT2D eigenvalue weighted by Gasteiger charge is 2.44. The average Bonchev–Trinajstić information content (AvgIpc) is 3.39. The molecule has 164 valence electrons. The number of morpholine rings is 1. The first-order chi connectivity index (χ1) is 14.9. The predicted molar refractivity (Wildman–Crippen MR) is 118 cm³/mol. The number of rotatable bonds is 5. The lowest BCUT2D eigenvalue weighted by molar-refractivity contribution is -0.125. The van der Waals surface area contributed by atoms with E-state index in [4.69, 9.17) is 21.1 Å². The first kappa shape index (κ1) is 21.8. The Kier molecular flexibility index (Phi) is 6.29. The summed E-state index contributed by atoms with van der Waals surface area (Å²) < 4.78 is 11.1. The maximum absolute atomic E-state index is 13.1. The summed E-state index contributed by atoms with van der Waals surface area (Å²) in [6, 6.07) is 8.62. The normalized spacial score (nSPS) is 21.2. The van der Waals surface area contributed by atoms with E-state index in [2.05, 4.69) is 10.6 Å². The molecule has 0 radical (unpaired) electrons. The molecule has 2 aromatic rings. The molecular weight excluding hydrogens is 442 g/mol. The van der Waals surface area contributed by atoms with Crippen molar-refractivity contribution < 1.29 is 23.9 Å². The lowest BCUT2D eigenvalue weighted by Crippen LogP contribution is -2.57. The molecule has 3 heterocycles. The lowest BCUT2D eigenvalue weighted by Gasteiger charge is -2.29. The molecule has 2 saturated heterocycles. The van der Waals surface area contributed by atoms with Gasteiger partial charge in [0.1, 0.15) is 12.1 Å². The Bertz CT molecular complexity index is 1020. The lowest BCUT2D eigenvalue weighted by atomic mass is 9.96. The van der Waals surface area contributed by atoms with E-state index in [1.54, 1.807) is 35.2 Å². The third-order valence-electron chi connectivity index (χ3n) is 5.34. The zero-order valence-electron chi connectivity index (χ0n) is 16.9. The number of aryl methyl sites for hydroxylation is 1. The topological polar surface area (TPSA) is 97.0 Å². The summed E-state index contributed by atoms with van der Waals surface area (Å²) >= 11 is 7.07. The quantitative estimate of drug-likeness (QED) is 0.710.